The standard InChI is InChI=1S/C24H20ClF6N3O3/c1-3-33-12-34(11-20(33)35)21(36)18-5-4-14(6-13(18)2)19-10-22(37-32-19,24(29,30)31)15-7-16(23(26,27)28)9-17(25)8-15/h4-9H,3,10-12H2,1-2H3. The summed E-state index contributed by atoms with van der Waals surface area (Å²) in [7, 11) is 0. The maximum Gasteiger partial charge on any atom is 0.435 e. The zero-order valence-corrected chi connectivity index (χ0v) is 20.3. The van der Waals surface area contributed by atoms with E-state index >= 15 is 0 Å². The van der Waals surface area contributed by atoms with Gasteiger partial charge in [-0.05, 0) is 55.3 Å². The highest BCUT2D eigenvalue weighted by molar-refractivity contribution is 6.30. The Morgan fingerprint density at radius 3 is 2.41 bits per heavy atom. The van der Waals surface area contributed by atoms with E-state index in [9.17, 15) is 35.9 Å². The first-order chi connectivity index (χ1) is 17.2. The molecule has 0 aromatic heterocycles. The molecule has 0 radical (unpaired) electrons. The lowest BCUT2D eigenvalue weighted by molar-refractivity contribution is -0.276. The van der Waals surface area contributed by atoms with E-state index in [1.807, 2.05) is 0 Å². The van der Waals surface area contributed by atoms with Crippen LogP contribution in [0, 0.1) is 6.92 Å². The van der Waals surface area contributed by atoms with Gasteiger partial charge in [0.15, 0.2) is 0 Å². The first-order valence-corrected chi connectivity index (χ1v) is 11.4. The number of hydrogen-bond acceptors (Lipinski definition) is 4. The number of alkyl halides is 6. The van der Waals surface area contributed by atoms with Crippen LogP contribution < -0.4 is 0 Å². The van der Waals surface area contributed by atoms with Crippen LogP contribution in [-0.4, -0.2) is 53.3 Å². The van der Waals surface area contributed by atoms with E-state index in [1.165, 1.54) is 28.0 Å². The second kappa shape index (κ2) is 9.23. The Kier molecular flexibility index (Phi) is 6.68. The summed E-state index contributed by atoms with van der Waals surface area (Å²) in [4.78, 5) is 32.6. The normalized spacial score (nSPS) is 20.4. The third-order valence-electron chi connectivity index (χ3n) is 6.36. The van der Waals surface area contributed by atoms with Crippen LogP contribution in [0.5, 0.6) is 0 Å². The fourth-order valence-corrected chi connectivity index (χ4v) is 4.54. The Morgan fingerprint density at radius 2 is 1.84 bits per heavy atom. The van der Waals surface area contributed by atoms with E-state index in [1.54, 1.807) is 13.8 Å². The minimum absolute atomic E-state index is 0.0813. The molecular weight excluding hydrogens is 528 g/mol. The van der Waals surface area contributed by atoms with Gasteiger partial charge in [-0.15, -0.1) is 0 Å². The minimum atomic E-state index is -5.13. The van der Waals surface area contributed by atoms with Gasteiger partial charge in [-0.25, -0.2) is 0 Å². The van der Waals surface area contributed by atoms with Crippen molar-refractivity contribution < 1.29 is 40.8 Å². The number of likely N-dealkylation sites (N-methyl/N-ethyl adjacent to an activating group) is 1. The highest BCUT2D eigenvalue weighted by atomic mass is 35.5. The second-order valence-corrected chi connectivity index (χ2v) is 9.22. The molecule has 2 heterocycles. The van der Waals surface area contributed by atoms with Gasteiger partial charge >= 0.3 is 12.4 Å². The van der Waals surface area contributed by atoms with Crippen molar-refractivity contribution in [3.63, 3.8) is 0 Å². The molecule has 0 bridgehead atoms. The van der Waals surface area contributed by atoms with Gasteiger partial charge < -0.3 is 14.6 Å². The third kappa shape index (κ3) is 4.86. The molecule has 0 saturated carbocycles. The van der Waals surface area contributed by atoms with Crippen LogP contribution in [0.2, 0.25) is 5.02 Å². The Bertz CT molecular complexity index is 1290. The smallest absolute Gasteiger partial charge is 0.374 e. The minimum Gasteiger partial charge on any atom is -0.374 e. The fourth-order valence-electron chi connectivity index (χ4n) is 4.31. The van der Waals surface area contributed by atoms with Gasteiger partial charge in [-0.1, -0.05) is 22.8 Å². The molecule has 37 heavy (non-hydrogen) atoms. The number of carbonyl (C=O) groups excluding carboxylic acids is 2. The number of halogens is 7. The lowest BCUT2D eigenvalue weighted by Gasteiger charge is -2.30. The van der Waals surface area contributed by atoms with Crippen molar-refractivity contribution in [3.8, 4) is 0 Å². The molecule has 1 saturated heterocycles. The third-order valence-corrected chi connectivity index (χ3v) is 6.57. The molecule has 1 atom stereocenters. The van der Waals surface area contributed by atoms with Crippen LogP contribution >= 0.6 is 11.6 Å². The molecular formula is C24H20ClF6N3O3. The molecule has 0 spiro atoms. The van der Waals surface area contributed by atoms with E-state index in [0.717, 1.165) is 6.07 Å². The summed E-state index contributed by atoms with van der Waals surface area (Å²) >= 11 is 5.73. The van der Waals surface area contributed by atoms with Gasteiger partial charge in [0.25, 0.3) is 11.5 Å². The first kappa shape index (κ1) is 26.8. The summed E-state index contributed by atoms with van der Waals surface area (Å²) in [5, 5.41) is 3.04. The fraction of sp³-hybridized carbons (Fsp3) is 0.375. The molecule has 198 valence electrons. The number of oxime groups is 1. The van der Waals surface area contributed by atoms with Crippen molar-refractivity contribution in [2.45, 2.75) is 38.2 Å². The molecule has 2 amide bonds. The number of amides is 2. The van der Waals surface area contributed by atoms with Gasteiger partial charge in [0.2, 0.25) is 5.91 Å². The van der Waals surface area contributed by atoms with E-state index in [2.05, 4.69) is 5.16 Å². The van der Waals surface area contributed by atoms with Crippen LogP contribution in [0.4, 0.5) is 26.3 Å². The lowest BCUT2D eigenvalue weighted by atomic mass is 9.85. The molecule has 2 aliphatic rings. The summed E-state index contributed by atoms with van der Waals surface area (Å²) in [5.74, 6) is -0.609. The van der Waals surface area contributed by atoms with Crippen LogP contribution in [0.3, 0.4) is 0 Å². The number of aryl methyl sites for hydroxylation is 1. The van der Waals surface area contributed by atoms with Crippen LogP contribution in [0.1, 0.15) is 46.0 Å². The van der Waals surface area contributed by atoms with Crippen molar-refractivity contribution in [3.05, 3.63) is 69.2 Å². The monoisotopic (exact) mass is 547 g/mol. The number of carbonyl (C=O) groups is 2. The zero-order valence-electron chi connectivity index (χ0n) is 19.5. The van der Waals surface area contributed by atoms with Gasteiger partial charge in [0.1, 0.15) is 6.54 Å². The molecule has 0 N–H and O–H groups in total. The SMILES string of the molecule is CCN1CN(C(=O)c2ccc(C3=NOC(c4cc(Cl)cc(C(F)(F)F)c4)(C(F)(F)F)C3)cc2C)CC1=O. The Balaban J connectivity index is 1.63. The Labute approximate surface area is 212 Å². The molecule has 2 aromatic rings. The van der Waals surface area contributed by atoms with Crippen molar-refractivity contribution in [2.24, 2.45) is 5.16 Å². The maximum absolute atomic E-state index is 14.3. The Hall–Kier alpha value is -3.28. The topological polar surface area (TPSA) is 62.2 Å². The molecule has 2 aliphatic heterocycles. The van der Waals surface area contributed by atoms with Gasteiger partial charge in [0.05, 0.1) is 17.9 Å². The predicted molar refractivity (Wildman–Crippen MR) is 121 cm³/mol. The molecule has 13 heteroatoms. The van der Waals surface area contributed by atoms with Crippen LogP contribution in [-0.2, 0) is 21.4 Å². The summed E-state index contributed by atoms with van der Waals surface area (Å²) in [6.45, 7) is 3.85. The average Bonchev–Trinajstić information content (AvgIpc) is 3.42. The maximum atomic E-state index is 14.3. The van der Waals surface area contributed by atoms with Gasteiger partial charge in [-0.2, -0.15) is 26.3 Å². The number of hydrogen-bond donors (Lipinski definition) is 0. The van der Waals surface area contributed by atoms with E-state index in [-0.39, 0.29) is 36.0 Å². The highest BCUT2D eigenvalue weighted by Crippen LogP contribution is 2.50. The number of benzene rings is 2. The molecule has 1 unspecified atom stereocenters. The highest BCUT2D eigenvalue weighted by Gasteiger charge is 2.62. The van der Waals surface area contributed by atoms with Crippen LogP contribution in [0.25, 0.3) is 0 Å². The van der Waals surface area contributed by atoms with E-state index in [0.29, 0.717) is 24.2 Å². The molecule has 2 aromatic carbocycles. The number of nitrogens with zero attached hydrogens (tertiary/aromatic N) is 3. The Morgan fingerprint density at radius 1 is 1.14 bits per heavy atom. The summed E-state index contributed by atoms with van der Waals surface area (Å²) in [5.41, 5.74) is -4.67. The largest absolute Gasteiger partial charge is 0.435 e. The molecule has 4 rings (SSSR count). The zero-order chi connectivity index (χ0) is 27.3. The van der Waals surface area contributed by atoms with Gasteiger partial charge in [0, 0.05) is 29.1 Å². The summed E-state index contributed by atoms with van der Waals surface area (Å²) < 4.78 is 82.6. The van der Waals surface area contributed by atoms with Crippen molar-refractivity contribution in [1.82, 2.24) is 9.80 Å². The number of rotatable bonds is 4. The first-order valence-electron chi connectivity index (χ1n) is 11.0. The summed E-state index contributed by atoms with van der Waals surface area (Å²) in [6.07, 6.45) is -11.0. The van der Waals surface area contributed by atoms with E-state index in [4.69, 9.17) is 16.4 Å². The predicted octanol–water partition coefficient (Wildman–Crippen LogP) is 5.51. The van der Waals surface area contributed by atoms with Crippen LogP contribution in [0.15, 0.2) is 41.6 Å². The molecule has 1 fully saturated rings. The van der Waals surface area contributed by atoms with Crippen molar-refractivity contribution in [2.75, 3.05) is 19.8 Å². The average molecular weight is 548 g/mol. The second-order valence-electron chi connectivity index (χ2n) is 8.78. The van der Waals surface area contributed by atoms with Crippen molar-refractivity contribution in [1.29, 1.82) is 0 Å². The van der Waals surface area contributed by atoms with E-state index < -0.39 is 46.4 Å². The molecule has 6 nitrogen and oxygen atoms in total. The lowest BCUT2D eigenvalue weighted by Crippen LogP contribution is -2.43. The summed E-state index contributed by atoms with van der Waals surface area (Å²) in [6, 6.07) is 5.87. The van der Waals surface area contributed by atoms with Crippen molar-refractivity contribution >= 4 is 29.1 Å². The van der Waals surface area contributed by atoms with Gasteiger partial charge in [-0.3, -0.25) is 9.59 Å². The quantitative estimate of drug-likeness (QED) is 0.474. The molecule has 0 aliphatic carbocycles.